The first-order valence-electron chi connectivity index (χ1n) is 10.5. The Bertz CT molecular complexity index is 712. The Hall–Kier alpha value is -1.59. The van der Waals surface area contributed by atoms with Crippen LogP contribution in [0.4, 0.5) is 4.79 Å². The standard InChI is InChI=1S/C24H41NO3Si/c1-18(17-19(2)28-29(9,10)24(6,7)8)21-14-12-11-13-20(21)15-16-25-22(26)27-23(3,4)5/h11-14,17,19H,15-16H2,1-10H3,(H,25,26)/b18-17+/t19-/m0/s1. The van der Waals surface area contributed by atoms with Crippen LogP contribution in [0, 0.1) is 0 Å². The molecule has 0 heterocycles. The first-order valence-corrected chi connectivity index (χ1v) is 13.4. The first kappa shape index (κ1) is 25.4. The van der Waals surface area contributed by atoms with Crippen molar-refractivity contribution < 1.29 is 14.0 Å². The van der Waals surface area contributed by atoms with Gasteiger partial charge in [0.05, 0.1) is 6.10 Å². The molecule has 4 nitrogen and oxygen atoms in total. The zero-order chi connectivity index (χ0) is 22.5. The van der Waals surface area contributed by atoms with Gasteiger partial charge >= 0.3 is 6.09 Å². The summed E-state index contributed by atoms with van der Waals surface area (Å²) < 4.78 is 11.8. The zero-order valence-corrected chi connectivity index (χ0v) is 21.1. The number of ether oxygens (including phenoxy) is 1. The second-order valence-electron chi connectivity index (χ2n) is 10.3. The van der Waals surface area contributed by atoms with Crippen molar-refractivity contribution >= 4 is 20.0 Å². The number of carbonyl (C=O) groups is 1. The van der Waals surface area contributed by atoms with Gasteiger partial charge in [-0.15, -0.1) is 0 Å². The highest BCUT2D eigenvalue weighted by Crippen LogP contribution is 2.37. The number of alkyl carbamates (subject to hydrolysis) is 1. The summed E-state index contributed by atoms with van der Waals surface area (Å²) in [6.45, 7) is 21.7. The molecule has 164 valence electrons. The molecule has 0 aromatic heterocycles. The number of benzene rings is 1. The molecule has 0 spiro atoms. The molecule has 5 heteroatoms. The molecule has 1 N–H and O–H groups in total. The van der Waals surface area contributed by atoms with Crippen LogP contribution in [0.5, 0.6) is 0 Å². The van der Waals surface area contributed by atoms with Crippen LogP contribution in [0.2, 0.25) is 18.1 Å². The summed E-state index contributed by atoms with van der Waals surface area (Å²) in [5.74, 6) is 0. The van der Waals surface area contributed by atoms with E-state index in [2.05, 4.69) is 77.3 Å². The van der Waals surface area contributed by atoms with E-state index in [9.17, 15) is 4.79 Å². The lowest BCUT2D eigenvalue weighted by Gasteiger charge is -2.38. The molecule has 0 aliphatic rings. The molecule has 0 saturated heterocycles. The van der Waals surface area contributed by atoms with Crippen molar-refractivity contribution in [2.75, 3.05) is 6.54 Å². The monoisotopic (exact) mass is 419 g/mol. The number of rotatable bonds is 7. The van der Waals surface area contributed by atoms with Gasteiger partial charge in [0.25, 0.3) is 0 Å². The SMILES string of the molecule is C/C(=C\[C@H](C)O[Si](C)(C)C(C)(C)C)c1ccccc1CCNC(=O)OC(C)(C)C. The maximum absolute atomic E-state index is 11.9. The number of amides is 1. The average Bonchev–Trinajstić information content (AvgIpc) is 2.51. The van der Waals surface area contributed by atoms with E-state index in [1.54, 1.807) is 0 Å². The second-order valence-corrected chi connectivity index (χ2v) is 15.0. The quantitative estimate of drug-likeness (QED) is 0.509. The molecule has 1 atom stereocenters. The summed E-state index contributed by atoms with van der Waals surface area (Å²) in [5.41, 5.74) is 3.12. The zero-order valence-electron chi connectivity index (χ0n) is 20.1. The highest BCUT2D eigenvalue weighted by Gasteiger charge is 2.38. The average molecular weight is 420 g/mol. The number of hydrogen-bond acceptors (Lipinski definition) is 3. The fourth-order valence-corrected chi connectivity index (χ4v) is 4.20. The van der Waals surface area contributed by atoms with Crippen LogP contribution < -0.4 is 5.32 Å². The molecular formula is C24H41NO3Si. The second kappa shape index (κ2) is 9.94. The van der Waals surface area contributed by atoms with Crippen LogP contribution in [-0.4, -0.2) is 32.7 Å². The molecule has 0 saturated carbocycles. The summed E-state index contributed by atoms with van der Waals surface area (Å²) >= 11 is 0. The van der Waals surface area contributed by atoms with Crippen molar-refractivity contribution in [1.29, 1.82) is 0 Å². The van der Waals surface area contributed by atoms with Crippen molar-refractivity contribution in [2.24, 2.45) is 0 Å². The van der Waals surface area contributed by atoms with Crippen LogP contribution in [-0.2, 0) is 15.6 Å². The lowest BCUT2D eigenvalue weighted by molar-refractivity contribution is 0.0528. The van der Waals surface area contributed by atoms with Crippen LogP contribution >= 0.6 is 0 Å². The van der Waals surface area contributed by atoms with E-state index in [0.717, 1.165) is 6.42 Å². The van der Waals surface area contributed by atoms with Crippen LogP contribution in [0.3, 0.4) is 0 Å². The Labute approximate surface area is 179 Å². The van der Waals surface area contributed by atoms with Crippen molar-refractivity contribution in [3.05, 3.63) is 41.5 Å². The largest absolute Gasteiger partial charge is 0.444 e. The predicted molar refractivity (Wildman–Crippen MR) is 126 cm³/mol. The van der Waals surface area contributed by atoms with Gasteiger partial charge < -0.3 is 14.5 Å². The Balaban J connectivity index is 2.81. The first-order chi connectivity index (χ1) is 13.1. The van der Waals surface area contributed by atoms with Gasteiger partial charge in [0.1, 0.15) is 5.60 Å². The van der Waals surface area contributed by atoms with Gasteiger partial charge in [-0.25, -0.2) is 4.79 Å². The third kappa shape index (κ3) is 8.75. The molecule has 1 amide bonds. The summed E-state index contributed by atoms with van der Waals surface area (Å²) in [4.78, 5) is 11.9. The highest BCUT2D eigenvalue weighted by molar-refractivity contribution is 6.74. The van der Waals surface area contributed by atoms with Gasteiger partial charge in [-0.2, -0.15) is 0 Å². The minimum Gasteiger partial charge on any atom is -0.444 e. The van der Waals surface area contributed by atoms with E-state index in [1.807, 2.05) is 26.8 Å². The molecule has 29 heavy (non-hydrogen) atoms. The van der Waals surface area contributed by atoms with Crippen molar-refractivity contribution in [1.82, 2.24) is 5.32 Å². The van der Waals surface area contributed by atoms with E-state index in [0.29, 0.717) is 6.54 Å². The normalized spacial score (nSPS) is 14.5. The highest BCUT2D eigenvalue weighted by atomic mass is 28.4. The van der Waals surface area contributed by atoms with Gasteiger partial charge in [-0.1, -0.05) is 51.1 Å². The smallest absolute Gasteiger partial charge is 0.407 e. The number of carbonyl (C=O) groups excluding carboxylic acids is 1. The Kier molecular flexibility index (Phi) is 8.72. The van der Waals surface area contributed by atoms with Gasteiger partial charge in [0.2, 0.25) is 0 Å². The van der Waals surface area contributed by atoms with Gasteiger partial charge in [0.15, 0.2) is 8.32 Å². The van der Waals surface area contributed by atoms with Gasteiger partial charge in [-0.3, -0.25) is 0 Å². The minimum atomic E-state index is -1.81. The van der Waals surface area contributed by atoms with Gasteiger partial charge in [0, 0.05) is 6.54 Å². The molecule has 0 unspecified atom stereocenters. The van der Waals surface area contributed by atoms with Crippen molar-refractivity contribution in [3.8, 4) is 0 Å². The summed E-state index contributed by atoms with van der Waals surface area (Å²) in [5, 5.41) is 3.03. The third-order valence-electron chi connectivity index (χ3n) is 5.28. The van der Waals surface area contributed by atoms with Crippen LogP contribution in [0.15, 0.2) is 30.3 Å². The molecule has 0 radical (unpaired) electrons. The van der Waals surface area contributed by atoms with E-state index >= 15 is 0 Å². The van der Waals surface area contributed by atoms with Crippen molar-refractivity contribution in [2.45, 2.75) is 91.6 Å². The lowest BCUT2D eigenvalue weighted by Crippen LogP contribution is -2.42. The molecular weight excluding hydrogens is 378 g/mol. The molecule has 0 aliphatic heterocycles. The Morgan fingerprint density at radius 1 is 1.14 bits per heavy atom. The molecule has 1 aromatic carbocycles. The van der Waals surface area contributed by atoms with E-state index in [-0.39, 0.29) is 17.2 Å². The molecule has 1 rings (SSSR count). The van der Waals surface area contributed by atoms with Gasteiger partial charge in [-0.05, 0) is 75.9 Å². The van der Waals surface area contributed by atoms with E-state index in [4.69, 9.17) is 9.16 Å². The molecule has 0 bridgehead atoms. The fourth-order valence-electron chi connectivity index (χ4n) is 2.85. The van der Waals surface area contributed by atoms with E-state index in [1.165, 1.54) is 16.7 Å². The number of hydrogen-bond donors (Lipinski definition) is 1. The maximum Gasteiger partial charge on any atom is 0.407 e. The molecule has 0 aliphatic carbocycles. The predicted octanol–water partition coefficient (Wildman–Crippen LogP) is 6.57. The van der Waals surface area contributed by atoms with E-state index < -0.39 is 13.9 Å². The lowest BCUT2D eigenvalue weighted by atomic mass is 9.97. The maximum atomic E-state index is 11.9. The molecule has 0 fully saturated rings. The summed E-state index contributed by atoms with van der Waals surface area (Å²) in [7, 11) is -1.81. The minimum absolute atomic E-state index is 0.0591. The fraction of sp³-hybridized carbons (Fsp3) is 0.625. The third-order valence-corrected chi connectivity index (χ3v) is 9.85. The van der Waals surface area contributed by atoms with Crippen LogP contribution in [0.1, 0.15) is 66.5 Å². The summed E-state index contributed by atoms with van der Waals surface area (Å²) in [6.07, 6.45) is 2.64. The number of nitrogens with one attached hydrogen (secondary N) is 1. The van der Waals surface area contributed by atoms with Crippen LogP contribution in [0.25, 0.3) is 5.57 Å². The van der Waals surface area contributed by atoms with Crippen molar-refractivity contribution in [3.63, 3.8) is 0 Å². The number of allylic oxidation sites excluding steroid dienone is 1. The Morgan fingerprint density at radius 3 is 2.28 bits per heavy atom. The topological polar surface area (TPSA) is 47.6 Å². The Morgan fingerprint density at radius 2 is 1.72 bits per heavy atom. The molecule has 1 aromatic rings. The summed E-state index contributed by atoms with van der Waals surface area (Å²) in [6, 6.07) is 8.34.